The number of amides is 1. The van der Waals surface area contributed by atoms with Crippen molar-refractivity contribution in [1.82, 2.24) is 20.5 Å². The SMILES string of the molecule is Cc1ccncc1C(=O)NCC(N1CCNCC1)C(F)(F)F.Cl.Cl. The van der Waals surface area contributed by atoms with Crippen LogP contribution in [0.25, 0.3) is 0 Å². The quantitative estimate of drug-likeness (QED) is 0.825. The van der Waals surface area contributed by atoms with Gasteiger partial charge in [0.1, 0.15) is 6.04 Å². The summed E-state index contributed by atoms with van der Waals surface area (Å²) >= 11 is 0. The lowest BCUT2D eigenvalue weighted by Gasteiger charge is -2.35. The van der Waals surface area contributed by atoms with Crippen LogP contribution in [0.4, 0.5) is 13.2 Å². The smallest absolute Gasteiger partial charge is 0.350 e. The number of carbonyl (C=O) groups excluding carboxylic acids is 1. The van der Waals surface area contributed by atoms with Crippen molar-refractivity contribution >= 4 is 30.7 Å². The summed E-state index contributed by atoms with van der Waals surface area (Å²) in [5, 5.41) is 5.40. The van der Waals surface area contributed by atoms with Crippen LogP contribution in [0.15, 0.2) is 18.5 Å². The molecule has 1 atom stereocenters. The number of hydrogen-bond donors (Lipinski definition) is 2. The number of piperazine rings is 1. The van der Waals surface area contributed by atoms with E-state index in [1.54, 1.807) is 13.0 Å². The lowest BCUT2D eigenvalue weighted by atomic mass is 10.1. The monoisotopic (exact) mass is 388 g/mol. The zero-order chi connectivity index (χ0) is 16.2. The van der Waals surface area contributed by atoms with E-state index in [2.05, 4.69) is 15.6 Å². The first-order valence-corrected chi connectivity index (χ1v) is 7.10. The number of aromatic nitrogens is 1. The average molecular weight is 389 g/mol. The van der Waals surface area contributed by atoms with E-state index in [1.165, 1.54) is 17.3 Å². The lowest BCUT2D eigenvalue weighted by Crippen LogP contribution is -2.57. The van der Waals surface area contributed by atoms with Gasteiger partial charge in [0.2, 0.25) is 0 Å². The Labute approximate surface area is 151 Å². The summed E-state index contributed by atoms with van der Waals surface area (Å²) in [6, 6.07) is -0.0255. The van der Waals surface area contributed by atoms with Crippen molar-refractivity contribution in [3.63, 3.8) is 0 Å². The van der Waals surface area contributed by atoms with E-state index in [9.17, 15) is 18.0 Å². The van der Waals surface area contributed by atoms with Crippen molar-refractivity contribution in [3.05, 3.63) is 29.6 Å². The van der Waals surface area contributed by atoms with Crippen molar-refractivity contribution in [2.45, 2.75) is 19.1 Å². The molecule has 0 bridgehead atoms. The van der Waals surface area contributed by atoms with Crippen LogP contribution in [0.3, 0.4) is 0 Å². The third-order valence-corrected chi connectivity index (χ3v) is 3.71. The van der Waals surface area contributed by atoms with Crippen LogP contribution in [0.5, 0.6) is 0 Å². The maximum atomic E-state index is 13.2. The van der Waals surface area contributed by atoms with E-state index in [4.69, 9.17) is 0 Å². The second-order valence-electron chi connectivity index (χ2n) is 5.24. The number of nitrogens with one attached hydrogen (secondary N) is 2. The molecule has 1 saturated heterocycles. The predicted molar refractivity (Wildman–Crippen MR) is 90.1 cm³/mol. The molecule has 1 aliphatic heterocycles. The number of carbonyl (C=O) groups is 1. The van der Waals surface area contributed by atoms with Gasteiger partial charge in [0, 0.05) is 45.1 Å². The van der Waals surface area contributed by atoms with E-state index in [-0.39, 0.29) is 24.8 Å². The molecule has 2 heterocycles. The van der Waals surface area contributed by atoms with Crippen molar-refractivity contribution in [3.8, 4) is 0 Å². The van der Waals surface area contributed by atoms with Gasteiger partial charge in [-0.25, -0.2) is 0 Å². The summed E-state index contributed by atoms with van der Waals surface area (Å²) in [4.78, 5) is 17.2. The Bertz CT molecular complexity index is 525. The molecule has 1 aromatic heterocycles. The lowest BCUT2D eigenvalue weighted by molar-refractivity contribution is -0.183. The molecule has 0 radical (unpaired) electrons. The fourth-order valence-electron chi connectivity index (χ4n) is 2.43. The minimum atomic E-state index is -4.38. The molecule has 1 unspecified atom stereocenters. The van der Waals surface area contributed by atoms with Crippen molar-refractivity contribution in [2.24, 2.45) is 0 Å². The summed E-state index contributed by atoms with van der Waals surface area (Å²) in [5.41, 5.74) is 0.974. The predicted octanol–water partition coefficient (Wildman–Crippen LogP) is 1.80. The summed E-state index contributed by atoms with van der Waals surface area (Å²) in [6.07, 6.45) is -1.49. The highest BCUT2D eigenvalue weighted by atomic mass is 35.5. The van der Waals surface area contributed by atoms with Gasteiger partial charge in [-0.05, 0) is 18.6 Å². The van der Waals surface area contributed by atoms with Gasteiger partial charge >= 0.3 is 6.18 Å². The summed E-state index contributed by atoms with van der Waals surface area (Å²) in [5.74, 6) is -0.532. The molecule has 1 amide bonds. The van der Waals surface area contributed by atoms with Gasteiger partial charge in [0.25, 0.3) is 5.91 Å². The Hall–Kier alpha value is -1.09. The first-order chi connectivity index (χ1) is 10.4. The van der Waals surface area contributed by atoms with E-state index in [1.807, 2.05) is 0 Å². The molecule has 1 aliphatic rings. The first-order valence-electron chi connectivity index (χ1n) is 7.10. The van der Waals surface area contributed by atoms with Crippen molar-refractivity contribution in [1.29, 1.82) is 0 Å². The Balaban J connectivity index is 0.00000264. The van der Waals surface area contributed by atoms with E-state index in [0.717, 1.165) is 0 Å². The highest BCUT2D eigenvalue weighted by Crippen LogP contribution is 2.24. The molecule has 2 rings (SSSR count). The molecule has 5 nitrogen and oxygen atoms in total. The number of halogens is 5. The van der Waals surface area contributed by atoms with Crippen LogP contribution < -0.4 is 10.6 Å². The summed E-state index contributed by atoms with van der Waals surface area (Å²) in [7, 11) is 0. The Morgan fingerprint density at radius 2 is 2.00 bits per heavy atom. The number of alkyl halides is 3. The molecule has 1 fully saturated rings. The van der Waals surface area contributed by atoms with Crippen LogP contribution in [-0.2, 0) is 0 Å². The normalized spacial score (nSPS) is 16.5. The van der Waals surface area contributed by atoms with Crippen LogP contribution in [0, 0.1) is 6.92 Å². The number of rotatable bonds is 4. The zero-order valence-electron chi connectivity index (χ0n) is 13.1. The molecule has 10 heteroatoms. The fourth-order valence-corrected chi connectivity index (χ4v) is 2.43. The standard InChI is InChI=1S/C14H19F3N4O.2ClH/c1-10-2-3-19-8-11(10)13(22)20-9-12(14(15,16)17)21-6-4-18-5-7-21;;/h2-3,8,12,18H,4-7,9H2,1H3,(H,20,22);2*1H. The van der Waals surface area contributed by atoms with E-state index in [0.29, 0.717) is 37.3 Å². The number of nitrogens with zero attached hydrogens (tertiary/aromatic N) is 2. The van der Waals surface area contributed by atoms with Gasteiger partial charge in [-0.15, -0.1) is 24.8 Å². The zero-order valence-corrected chi connectivity index (χ0v) is 14.7. The van der Waals surface area contributed by atoms with Crippen LogP contribution >= 0.6 is 24.8 Å². The average Bonchev–Trinajstić information content (AvgIpc) is 2.47. The maximum Gasteiger partial charge on any atom is 0.405 e. The highest BCUT2D eigenvalue weighted by molar-refractivity contribution is 5.95. The fraction of sp³-hybridized carbons (Fsp3) is 0.571. The molecule has 0 aliphatic carbocycles. The number of aryl methyl sites for hydroxylation is 1. The van der Waals surface area contributed by atoms with E-state index < -0.39 is 24.7 Å². The van der Waals surface area contributed by atoms with Gasteiger partial charge in [-0.2, -0.15) is 13.2 Å². The molecule has 2 N–H and O–H groups in total. The summed E-state index contributed by atoms with van der Waals surface area (Å²) < 4.78 is 39.6. The molecule has 0 spiro atoms. The molecule has 138 valence electrons. The van der Waals surface area contributed by atoms with Crippen molar-refractivity contribution < 1.29 is 18.0 Å². The maximum absolute atomic E-state index is 13.2. The molecular weight excluding hydrogens is 368 g/mol. The van der Waals surface area contributed by atoms with Crippen molar-refractivity contribution in [2.75, 3.05) is 32.7 Å². The minimum Gasteiger partial charge on any atom is -0.350 e. The summed E-state index contributed by atoms with van der Waals surface area (Å²) in [6.45, 7) is 2.91. The largest absolute Gasteiger partial charge is 0.405 e. The van der Waals surface area contributed by atoms with Gasteiger partial charge < -0.3 is 10.6 Å². The first kappa shape index (κ1) is 22.9. The van der Waals surface area contributed by atoms with Crippen LogP contribution in [0.1, 0.15) is 15.9 Å². The minimum absolute atomic E-state index is 0. The Morgan fingerprint density at radius 3 is 2.54 bits per heavy atom. The highest BCUT2D eigenvalue weighted by Gasteiger charge is 2.43. The topological polar surface area (TPSA) is 57.3 Å². The van der Waals surface area contributed by atoms with E-state index >= 15 is 0 Å². The van der Waals surface area contributed by atoms with Crippen LogP contribution in [-0.4, -0.2) is 60.7 Å². The molecule has 0 aromatic carbocycles. The molecule has 1 aromatic rings. The second kappa shape index (κ2) is 10.0. The van der Waals surface area contributed by atoms with Gasteiger partial charge in [-0.3, -0.25) is 14.7 Å². The molecular formula is C14H21Cl2F3N4O. The molecule has 0 saturated carbocycles. The van der Waals surface area contributed by atoms with Crippen LogP contribution in [0.2, 0.25) is 0 Å². The second-order valence-corrected chi connectivity index (χ2v) is 5.24. The third kappa shape index (κ3) is 6.08. The van der Waals surface area contributed by atoms with Gasteiger partial charge in [0.15, 0.2) is 0 Å². The Kier molecular flexibility index (Phi) is 9.57. The number of hydrogen-bond acceptors (Lipinski definition) is 4. The van der Waals surface area contributed by atoms with Gasteiger partial charge in [-0.1, -0.05) is 0 Å². The van der Waals surface area contributed by atoms with Gasteiger partial charge in [0.05, 0.1) is 5.56 Å². The third-order valence-electron chi connectivity index (χ3n) is 3.71. The Morgan fingerprint density at radius 1 is 1.38 bits per heavy atom. The molecule has 24 heavy (non-hydrogen) atoms. The number of pyridine rings is 1.